The fourth-order valence-corrected chi connectivity index (χ4v) is 3.34. The van der Waals surface area contributed by atoms with Gasteiger partial charge in [0.15, 0.2) is 17.3 Å². The van der Waals surface area contributed by atoms with Gasteiger partial charge in [-0.25, -0.2) is 0 Å². The van der Waals surface area contributed by atoms with E-state index in [1.165, 1.54) is 0 Å². The molecule has 0 bridgehead atoms. The molecule has 0 fully saturated rings. The molecule has 4 nitrogen and oxygen atoms in total. The third kappa shape index (κ3) is 4.56. The van der Waals surface area contributed by atoms with Crippen molar-refractivity contribution in [2.24, 2.45) is 5.92 Å². The highest BCUT2D eigenvalue weighted by Crippen LogP contribution is 2.40. The van der Waals surface area contributed by atoms with Gasteiger partial charge in [0.05, 0.1) is 26.1 Å². The molecule has 0 aromatic heterocycles. The van der Waals surface area contributed by atoms with E-state index >= 15 is 0 Å². The van der Waals surface area contributed by atoms with Crippen LogP contribution in [0, 0.1) is 5.92 Å². The molecular formula is C21H30O4. The van der Waals surface area contributed by atoms with Crippen LogP contribution < -0.4 is 9.47 Å². The molecule has 25 heavy (non-hydrogen) atoms. The first-order valence-electron chi connectivity index (χ1n) is 9.02. The molecule has 0 radical (unpaired) electrons. The minimum Gasteiger partial charge on any atom is -0.495 e. The first kappa shape index (κ1) is 19.4. The summed E-state index contributed by atoms with van der Waals surface area (Å²) in [6.45, 7) is 8.21. The molecule has 4 heteroatoms. The van der Waals surface area contributed by atoms with Crippen LogP contribution in [0.25, 0.3) is 0 Å². The standard InChI is InChI=1S/C21H30O4/c1-13(2)18-10-8-16(20(23-5)21(18)24-6)11-15-7-9-17(12-19(15)22)25-14(3)4/h8,10,12-15H,7,9,11H2,1-6H3. The lowest BCUT2D eigenvalue weighted by Gasteiger charge is -2.24. The Kier molecular flexibility index (Phi) is 6.51. The maximum absolute atomic E-state index is 12.5. The number of carbonyl (C=O) groups is 1. The van der Waals surface area contributed by atoms with Crippen molar-refractivity contribution < 1.29 is 19.0 Å². The first-order chi connectivity index (χ1) is 11.9. The van der Waals surface area contributed by atoms with E-state index in [1.54, 1.807) is 20.3 Å². The SMILES string of the molecule is COc1c(CC2CCC(OC(C)C)=CC2=O)ccc(C(C)C)c1OC. The van der Waals surface area contributed by atoms with Gasteiger partial charge in [0.25, 0.3) is 0 Å². The average molecular weight is 346 g/mol. The minimum atomic E-state index is -0.0389. The van der Waals surface area contributed by atoms with Gasteiger partial charge in [-0.2, -0.15) is 0 Å². The number of hydrogen-bond acceptors (Lipinski definition) is 4. The quantitative estimate of drug-likeness (QED) is 0.720. The van der Waals surface area contributed by atoms with Crippen molar-refractivity contribution in [1.29, 1.82) is 0 Å². The van der Waals surface area contributed by atoms with Gasteiger partial charge in [0.1, 0.15) is 0 Å². The van der Waals surface area contributed by atoms with Crippen LogP contribution in [-0.2, 0) is 16.0 Å². The molecule has 138 valence electrons. The number of carbonyl (C=O) groups excluding carboxylic acids is 1. The van der Waals surface area contributed by atoms with Crippen molar-refractivity contribution in [2.45, 2.75) is 59.0 Å². The van der Waals surface area contributed by atoms with Gasteiger partial charge in [-0.1, -0.05) is 26.0 Å². The van der Waals surface area contributed by atoms with Crippen LogP contribution in [0.1, 0.15) is 57.6 Å². The van der Waals surface area contributed by atoms with E-state index in [2.05, 4.69) is 26.0 Å². The van der Waals surface area contributed by atoms with Crippen molar-refractivity contribution in [3.63, 3.8) is 0 Å². The molecule has 0 saturated heterocycles. The van der Waals surface area contributed by atoms with E-state index in [1.807, 2.05) is 13.8 Å². The molecule has 0 saturated carbocycles. The molecule has 0 spiro atoms. The topological polar surface area (TPSA) is 44.8 Å². The number of benzene rings is 1. The largest absolute Gasteiger partial charge is 0.495 e. The van der Waals surface area contributed by atoms with Crippen molar-refractivity contribution in [2.75, 3.05) is 14.2 Å². The molecule has 2 rings (SSSR count). The van der Waals surface area contributed by atoms with Crippen LogP contribution in [0.15, 0.2) is 24.0 Å². The molecule has 1 aromatic rings. The van der Waals surface area contributed by atoms with Crippen molar-refractivity contribution in [3.05, 3.63) is 35.1 Å². The molecule has 1 unspecified atom stereocenters. The van der Waals surface area contributed by atoms with Gasteiger partial charge < -0.3 is 14.2 Å². The van der Waals surface area contributed by atoms with E-state index in [4.69, 9.17) is 14.2 Å². The van der Waals surface area contributed by atoms with Crippen LogP contribution in [0.4, 0.5) is 0 Å². The summed E-state index contributed by atoms with van der Waals surface area (Å²) < 4.78 is 16.9. The van der Waals surface area contributed by atoms with Crippen molar-refractivity contribution >= 4 is 5.78 Å². The van der Waals surface area contributed by atoms with Gasteiger partial charge in [0.2, 0.25) is 0 Å². The Balaban J connectivity index is 2.23. The highest BCUT2D eigenvalue weighted by molar-refractivity contribution is 5.93. The van der Waals surface area contributed by atoms with E-state index in [9.17, 15) is 4.79 Å². The summed E-state index contributed by atoms with van der Waals surface area (Å²) in [7, 11) is 3.32. The van der Waals surface area contributed by atoms with E-state index in [-0.39, 0.29) is 17.8 Å². The minimum absolute atomic E-state index is 0.0389. The molecule has 1 aliphatic carbocycles. The first-order valence-corrected chi connectivity index (χ1v) is 9.02. The third-order valence-corrected chi connectivity index (χ3v) is 4.55. The normalized spacial score (nSPS) is 17.7. The average Bonchev–Trinajstić information content (AvgIpc) is 2.55. The second-order valence-electron chi connectivity index (χ2n) is 7.15. The Morgan fingerprint density at radius 2 is 1.76 bits per heavy atom. The number of methoxy groups -OCH3 is 2. The van der Waals surface area contributed by atoms with Crippen molar-refractivity contribution in [1.82, 2.24) is 0 Å². The smallest absolute Gasteiger partial charge is 0.164 e. The number of hydrogen-bond donors (Lipinski definition) is 0. The number of ketones is 1. The van der Waals surface area contributed by atoms with E-state index in [0.717, 1.165) is 41.2 Å². The Morgan fingerprint density at radius 1 is 1.08 bits per heavy atom. The Bertz CT molecular complexity index is 644. The molecule has 1 atom stereocenters. The zero-order chi connectivity index (χ0) is 18.6. The number of rotatable bonds is 7. The zero-order valence-corrected chi connectivity index (χ0v) is 16.2. The van der Waals surface area contributed by atoms with Crippen LogP contribution in [0.3, 0.4) is 0 Å². The van der Waals surface area contributed by atoms with E-state index in [0.29, 0.717) is 12.3 Å². The fraction of sp³-hybridized carbons (Fsp3) is 0.571. The summed E-state index contributed by atoms with van der Waals surface area (Å²) in [5, 5.41) is 0. The monoisotopic (exact) mass is 346 g/mol. The highest BCUT2D eigenvalue weighted by Gasteiger charge is 2.26. The van der Waals surface area contributed by atoms with Gasteiger partial charge in [-0.15, -0.1) is 0 Å². The van der Waals surface area contributed by atoms with Gasteiger partial charge in [0, 0.05) is 24.0 Å². The zero-order valence-electron chi connectivity index (χ0n) is 16.2. The van der Waals surface area contributed by atoms with Crippen LogP contribution in [0.2, 0.25) is 0 Å². The molecular weight excluding hydrogens is 316 g/mol. The molecule has 1 aromatic carbocycles. The van der Waals surface area contributed by atoms with Gasteiger partial charge in [-0.05, 0) is 38.2 Å². The van der Waals surface area contributed by atoms with Crippen LogP contribution >= 0.6 is 0 Å². The maximum atomic E-state index is 12.5. The number of ether oxygens (including phenoxy) is 3. The maximum Gasteiger partial charge on any atom is 0.164 e. The lowest BCUT2D eigenvalue weighted by molar-refractivity contribution is -0.119. The van der Waals surface area contributed by atoms with E-state index < -0.39 is 0 Å². The Hall–Kier alpha value is -1.97. The molecule has 0 aliphatic heterocycles. The second kappa shape index (κ2) is 8.41. The summed E-state index contributed by atoms with van der Waals surface area (Å²) in [5.74, 6) is 2.76. The summed E-state index contributed by atoms with van der Waals surface area (Å²) in [6, 6.07) is 4.14. The summed E-state index contributed by atoms with van der Waals surface area (Å²) in [6.07, 6.45) is 4.03. The highest BCUT2D eigenvalue weighted by atomic mass is 16.5. The molecule has 0 amide bonds. The van der Waals surface area contributed by atoms with Crippen LogP contribution in [0.5, 0.6) is 11.5 Å². The predicted molar refractivity (Wildman–Crippen MR) is 99.4 cm³/mol. The van der Waals surface area contributed by atoms with Gasteiger partial charge in [-0.3, -0.25) is 4.79 Å². The fourth-order valence-electron chi connectivity index (χ4n) is 3.34. The number of allylic oxidation sites excluding steroid dienone is 2. The predicted octanol–water partition coefficient (Wildman–Crippen LogP) is 4.66. The lowest BCUT2D eigenvalue weighted by Crippen LogP contribution is -2.21. The second-order valence-corrected chi connectivity index (χ2v) is 7.15. The molecule has 1 aliphatic rings. The summed E-state index contributed by atoms with van der Waals surface area (Å²) in [4.78, 5) is 12.5. The third-order valence-electron chi connectivity index (χ3n) is 4.55. The Morgan fingerprint density at radius 3 is 2.28 bits per heavy atom. The molecule has 0 heterocycles. The Labute approximate surface area is 151 Å². The lowest BCUT2D eigenvalue weighted by atomic mass is 9.85. The van der Waals surface area contributed by atoms with Crippen molar-refractivity contribution in [3.8, 4) is 11.5 Å². The summed E-state index contributed by atoms with van der Waals surface area (Å²) in [5.41, 5.74) is 2.13. The molecule has 0 N–H and O–H groups in total. The summed E-state index contributed by atoms with van der Waals surface area (Å²) >= 11 is 0. The van der Waals surface area contributed by atoms with Crippen LogP contribution in [-0.4, -0.2) is 26.1 Å². The van der Waals surface area contributed by atoms with Gasteiger partial charge >= 0.3 is 0 Å².